The largest absolute Gasteiger partial charge is 0.490 e. The molecular weight excluding hydrogens is 489 g/mol. The van der Waals surface area contributed by atoms with Gasteiger partial charge < -0.3 is 9.47 Å². The fraction of sp³-hybridized carbons (Fsp3) is 0.677. The molecule has 0 spiro atoms. The van der Waals surface area contributed by atoms with Gasteiger partial charge in [-0.15, -0.1) is 0 Å². The van der Waals surface area contributed by atoms with Gasteiger partial charge in [0.1, 0.15) is 6.17 Å². The van der Waals surface area contributed by atoms with E-state index in [2.05, 4.69) is 16.9 Å². The molecule has 2 unspecified atom stereocenters. The maximum Gasteiger partial charge on any atom is 0.170 e. The van der Waals surface area contributed by atoms with E-state index < -0.39 is 17.8 Å². The third-order valence-electron chi connectivity index (χ3n) is 7.79. The lowest BCUT2D eigenvalue weighted by molar-refractivity contribution is 0.00865. The number of hydrogen-bond acceptors (Lipinski definition) is 4. The standard InChI is InChI=1S/C31H43F3N2O2/c1-2-3-4-8-11-24(32)21-38-25-15-14-23-17-28(30(34)29(33)27(23)18-25)31-35-19-26(20-36-31)37-16-9-6-5-7-10-22-12-13-22/h17,19-20,22,24-25H,2-16,18,21H2,1H3. The van der Waals surface area contributed by atoms with Crippen molar-refractivity contribution >= 4 is 0 Å². The zero-order chi connectivity index (χ0) is 26.7. The van der Waals surface area contributed by atoms with Crippen LogP contribution in [0, 0.1) is 17.6 Å². The molecule has 4 rings (SSSR count). The highest BCUT2D eigenvalue weighted by Crippen LogP contribution is 2.34. The van der Waals surface area contributed by atoms with Gasteiger partial charge in [0.2, 0.25) is 0 Å². The van der Waals surface area contributed by atoms with Crippen molar-refractivity contribution in [2.45, 2.75) is 116 Å². The van der Waals surface area contributed by atoms with Crippen molar-refractivity contribution in [1.29, 1.82) is 0 Å². The molecule has 2 aliphatic rings. The highest BCUT2D eigenvalue weighted by molar-refractivity contribution is 5.59. The number of aromatic nitrogens is 2. The van der Waals surface area contributed by atoms with Crippen LogP contribution in [0.2, 0.25) is 0 Å². The van der Waals surface area contributed by atoms with Gasteiger partial charge in [-0.25, -0.2) is 23.1 Å². The molecule has 1 aromatic carbocycles. The predicted molar refractivity (Wildman–Crippen MR) is 144 cm³/mol. The first-order chi connectivity index (χ1) is 18.5. The van der Waals surface area contributed by atoms with E-state index in [1.165, 1.54) is 44.5 Å². The summed E-state index contributed by atoms with van der Waals surface area (Å²) in [5, 5.41) is 0. The third kappa shape index (κ3) is 8.69. The van der Waals surface area contributed by atoms with Crippen LogP contribution in [0.15, 0.2) is 18.5 Å². The quantitative estimate of drug-likeness (QED) is 0.192. The van der Waals surface area contributed by atoms with E-state index >= 15 is 8.78 Å². The van der Waals surface area contributed by atoms with Crippen LogP contribution < -0.4 is 4.74 Å². The maximum atomic E-state index is 15.1. The van der Waals surface area contributed by atoms with Gasteiger partial charge in [-0.2, -0.15) is 0 Å². The molecule has 0 bridgehead atoms. The van der Waals surface area contributed by atoms with Gasteiger partial charge in [-0.1, -0.05) is 71.1 Å². The number of fused-ring (bicyclic) bond motifs is 1. The van der Waals surface area contributed by atoms with E-state index in [-0.39, 0.29) is 30.5 Å². The van der Waals surface area contributed by atoms with E-state index in [0.29, 0.717) is 37.2 Å². The number of halogens is 3. The Hall–Kier alpha value is -2.15. The van der Waals surface area contributed by atoms with Crippen LogP contribution in [0.5, 0.6) is 5.75 Å². The maximum absolute atomic E-state index is 15.1. The number of hydrogen-bond donors (Lipinski definition) is 0. The zero-order valence-electron chi connectivity index (χ0n) is 22.8. The molecule has 4 nitrogen and oxygen atoms in total. The molecule has 2 aromatic rings. The van der Waals surface area contributed by atoms with Crippen LogP contribution >= 0.6 is 0 Å². The molecule has 0 radical (unpaired) electrons. The number of aryl methyl sites for hydroxylation is 1. The Labute approximate surface area is 225 Å². The minimum Gasteiger partial charge on any atom is -0.490 e. The predicted octanol–water partition coefficient (Wildman–Crippen LogP) is 8.34. The third-order valence-corrected chi connectivity index (χ3v) is 7.79. The zero-order valence-corrected chi connectivity index (χ0v) is 22.8. The Balaban J connectivity index is 1.25. The minimum atomic E-state index is -1.02. The lowest BCUT2D eigenvalue weighted by Crippen LogP contribution is -2.27. The van der Waals surface area contributed by atoms with E-state index in [1.54, 1.807) is 6.07 Å². The van der Waals surface area contributed by atoms with Gasteiger partial charge >= 0.3 is 0 Å². The van der Waals surface area contributed by atoms with Crippen LogP contribution in [0.25, 0.3) is 11.4 Å². The molecule has 2 aliphatic carbocycles. The first-order valence-electron chi connectivity index (χ1n) is 14.8. The summed E-state index contributed by atoms with van der Waals surface area (Å²) in [6, 6.07) is 1.65. The summed E-state index contributed by atoms with van der Waals surface area (Å²) in [6.45, 7) is 2.73. The van der Waals surface area contributed by atoms with E-state index in [1.807, 2.05) is 0 Å². The first-order valence-corrected chi connectivity index (χ1v) is 14.8. The van der Waals surface area contributed by atoms with Crippen LogP contribution in [0.4, 0.5) is 13.2 Å². The first kappa shape index (κ1) is 28.8. The summed E-state index contributed by atoms with van der Waals surface area (Å²) in [4.78, 5) is 8.49. The minimum absolute atomic E-state index is 0.0109. The van der Waals surface area contributed by atoms with Gasteiger partial charge in [0, 0.05) is 6.42 Å². The molecule has 38 heavy (non-hydrogen) atoms. The van der Waals surface area contributed by atoms with Crippen LogP contribution in [-0.2, 0) is 17.6 Å². The number of benzene rings is 1. The van der Waals surface area contributed by atoms with Crippen molar-refractivity contribution in [2.24, 2.45) is 5.92 Å². The Bertz CT molecular complexity index is 998. The molecule has 1 heterocycles. The fourth-order valence-corrected chi connectivity index (χ4v) is 5.24. The molecule has 7 heteroatoms. The highest BCUT2D eigenvalue weighted by Gasteiger charge is 2.27. The summed E-state index contributed by atoms with van der Waals surface area (Å²) in [5.41, 5.74) is 1.11. The molecule has 0 aliphatic heterocycles. The van der Waals surface area contributed by atoms with Crippen molar-refractivity contribution in [1.82, 2.24) is 9.97 Å². The summed E-state index contributed by atoms with van der Waals surface area (Å²) in [7, 11) is 0. The summed E-state index contributed by atoms with van der Waals surface area (Å²) < 4.78 is 55.8. The van der Waals surface area contributed by atoms with Crippen LogP contribution in [0.3, 0.4) is 0 Å². The molecule has 1 saturated carbocycles. The van der Waals surface area contributed by atoms with Crippen molar-refractivity contribution in [3.63, 3.8) is 0 Å². The molecule has 1 fully saturated rings. The van der Waals surface area contributed by atoms with Crippen molar-refractivity contribution < 1.29 is 22.6 Å². The number of nitrogens with zero attached hydrogens (tertiary/aromatic N) is 2. The lowest BCUT2D eigenvalue weighted by atomic mass is 9.87. The number of alkyl halides is 1. The topological polar surface area (TPSA) is 44.2 Å². The molecule has 1 aromatic heterocycles. The highest BCUT2D eigenvalue weighted by atomic mass is 19.2. The van der Waals surface area contributed by atoms with E-state index in [0.717, 1.165) is 50.0 Å². The second-order valence-corrected chi connectivity index (χ2v) is 11.1. The van der Waals surface area contributed by atoms with Gasteiger partial charge in [0.15, 0.2) is 23.2 Å². The second-order valence-electron chi connectivity index (χ2n) is 11.1. The average Bonchev–Trinajstić information content (AvgIpc) is 3.76. The molecule has 0 amide bonds. The van der Waals surface area contributed by atoms with Crippen molar-refractivity contribution in [3.05, 3.63) is 41.2 Å². The Kier molecular flexibility index (Phi) is 11.3. The lowest BCUT2D eigenvalue weighted by Gasteiger charge is -2.26. The monoisotopic (exact) mass is 532 g/mol. The second kappa shape index (κ2) is 14.9. The molecule has 2 atom stereocenters. The van der Waals surface area contributed by atoms with E-state index in [4.69, 9.17) is 9.47 Å². The van der Waals surface area contributed by atoms with E-state index in [9.17, 15) is 4.39 Å². The van der Waals surface area contributed by atoms with Gasteiger partial charge in [0.25, 0.3) is 0 Å². The fourth-order valence-electron chi connectivity index (χ4n) is 5.24. The van der Waals surface area contributed by atoms with Crippen molar-refractivity contribution in [3.8, 4) is 17.1 Å². The average molecular weight is 533 g/mol. The van der Waals surface area contributed by atoms with Gasteiger partial charge in [-0.05, 0) is 48.8 Å². The molecule has 210 valence electrons. The molecule has 0 saturated heterocycles. The van der Waals surface area contributed by atoms with Gasteiger partial charge in [0.05, 0.1) is 37.3 Å². The Morgan fingerprint density at radius 3 is 2.47 bits per heavy atom. The van der Waals surface area contributed by atoms with Gasteiger partial charge in [-0.3, -0.25) is 0 Å². The summed E-state index contributed by atoms with van der Waals surface area (Å²) >= 11 is 0. The molecule has 0 N–H and O–H groups in total. The summed E-state index contributed by atoms with van der Waals surface area (Å²) in [5.74, 6) is -0.178. The SMILES string of the molecule is CCCCCCC(F)COC1CCc2cc(-c3ncc(OCCCCCCC4CC4)cn3)c(F)c(F)c2C1. The Morgan fingerprint density at radius 2 is 1.71 bits per heavy atom. The normalized spacial score (nSPS) is 17.8. The number of unbranched alkanes of at least 4 members (excludes halogenated alkanes) is 6. The summed E-state index contributed by atoms with van der Waals surface area (Å²) in [6.07, 6.45) is 16.6. The number of ether oxygens (including phenoxy) is 2. The van der Waals surface area contributed by atoms with Crippen LogP contribution in [-0.4, -0.2) is 35.5 Å². The number of rotatable bonds is 17. The smallest absolute Gasteiger partial charge is 0.170 e. The Morgan fingerprint density at radius 1 is 0.947 bits per heavy atom. The molecular formula is C31H43F3N2O2. The van der Waals surface area contributed by atoms with Crippen LogP contribution in [0.1, 0.15) is 102 Å². The van der Waals surface area contributed by atoms with Crippen molar-refractivity contribution in [2.75, 3.05) is 13.2 Å².